The molecule has 174 valence electrons. The number of aliphatic hydroxyl groups excluding tert-OH is 1. The van der Waals surface area contributed by atoms with Crippen LogP contribution in [0.2, 0.25) is 0 Å². The second-order valence-corrected chi connectivity index (χ2v) is 8.97. The van der Waals surface area contributed by atoms with Gasteiger partial charge in [0.15, 0.2) is 5.69 Å². The Hall–Kier alpha value is -2.68. The smallest absolute Gasteiger partial charge is 0.394 e. The normalized spacial score (nSPS) is 14.6. The van der Waals surface area contributed by atoms with E-state index in [2.05, 4.69) is 20.4 Å². The van der Waals surface area contributed by atoms with Crippen LogP contribution in [-0.2, 0) is 12.7 Å². The number of rotatable bonds is 4. The zero-order chi connectivity index (χ0) is 23.7. The highest BCUT2D eigenvalue weighted by Crippen LogP contribution is 3.02. The summed E-state index contributed by atoms with van der Waals surface area (Å²) in [6, 6.07) is 2.68. The maximum absolute atomic E-state index is 12.9. The molecular formula is C16H17F8N5OS. The van der Waals surface area contributed by atoms with Crippen LogP contribution in [0.5, 0.6) is 0 Å². The fourth-order valence-electron chi connectivity index (χ4n) is 2.14. The van der Waals surface area contributed by atoms with Crippen molar-refractivity contribution in [3.8, 4) is 0 Å². The van der Waals surface area contributed by atoms with Crippen molar-refractivity contribution in [3.05, 3.63) is 47.9 Å². The Balaban J connectivity index is 0.000000785. The maximum atomic E-state index is 12.9. The van der Waals surface area contributed by atoms with E-state index < -0.39 is 27.0 Å². The molecule has 0 amide bonds. The predicted octanol–water partition coefficient (Wildman–Crippen LogP) is 5.80. The monoisotopic (exact) mass is 479 g/mol. The van der Waals surface area contributed by atoms with E-state index in [4.69, 9.17) is 5.11 Å². The number of anilines is 1. The summed E-state index contributed by atoms with van der Waals surface area (Å²) in [5.74, 6) is -0.523. The lowest BCUT2D eigenvalue weighted by Crippen LogP contribution is -2.13. The molecule has 6 nitrogen and oxygen atoms in total. The Morgan fingerprint density at radius 3 is 2.10 bits per heavy atom. The van der Waals surface area contributed by atoms with E-state index in [1.807, 2.05) is 0 Å². The molecule has 0 radical (unpaired) electrons. The van der Waals surface area contributed by atoms with Gasteiger partial charge in [0, 0.05) is 18.7 Å². The molecule has 0 aliphatic rings. The molecule has 0 aliphatic heterocycles. The lowest BCUT2D eigenvalue weighted by atomic mass is 10.2. The van der Waals surface area contributed by atoms with Gasteiger partial charge in [0.1, 0.15) is 17.0 Å². The van der Waals surface area contributed by atoms with Crippen molar-refractivity contribution in [3.63, 3.8) is 0 Å². The van der Waals surface area contributed by atoms with Crippen LogP contribution in [0.15, 0.2) is 41.6 Å². The topological polar surface area (TPSA) is 75.3 Å². The van der Waals surface area contributed by atoms with Crippen molar-refractivity contribution in [2.24, 2.45) is 0 Å². The lowest BCUT2D eigenvalue weighted by molar-refractivity contribution is -0.141. The number of nitrogens with zero attached hydrogens (tertiary/aromatic N) is 4. The molecule has 0 spiro atoms. The van der Waals surface area contributed by atoms with Crippen molar-refractivity contribution < 1.29 is 37.7 Å². The number of aromatic nitrogens is 4. The summed E-state index contributed by atoms with van der Waals surface area (Å²) in [5, 5.41) is 14.3. The van der Waals surface area contributed by atoms with Crippen molar-refractivity contribution >= 4 is 21.8 Å². The molecule has 0 atom stereocenters. The molecule has 0 fully saturated rings. The first-order chi connectivity index (χ1) is 13.9. The summed E-state index contributed by atoms with van der Waals surface area (Å²) in [6.45, 7) is 3.19. The minimum atomic E-state index is -9.78. The number of fused-ring (bicyclic) bond motifs is 1. The third-order valence-electron chi connectivity index (χ3n) is 3.38. The van der Waals surface area contributed by atoms with Crippen molar-refractivity contribution in [2.75, 3.05) is 5.32 Å². The number of benzene rings is 1. The van der Waals surface area contributed by atoms with Gasteiger partial charge in [-0.1, -0.05) is 31.6 Å². The zero-order valence-electron chi connectivity index (χ0n) is 15.9. The molecule has 2 aromatic heterocycles. The summed E-state index contributed by atoms with van der Waals surface area (Å²) in [6.07, 6.45) is -3.95. The SMILES string of the molecule is CC(C)O.FC(F)(F)c1cc(NCc2ccc(S(F)(F)(F)(F)F)cc2)n2ncnc2n1. The highest BCUT2D eigenvalue weighted by molar-refractivity contribution is 8.45. The van der Waals surface area contributed by atoms with Crippen LogP contribution in [0.3, 0.4) is 0 Å². The van der Waals surface area contributed by atoms with Gasteiger partial charge < -0.3 is 10.4 Å². The second kappa shape index (κ2) is 7.47. The van der Waals surface area contributed by atoms with Crippen LogP contribution in [0.1, 0.15) is 25.1 Å². The average molecular weight is 479 g/mol. The molecule has 1 aromatic carbocycles. The van der Waals surface area contributed by atoms with Crippen molar-refractivity contribution in [1.29, 1.82) is 0 Å². The lowest BCUT2D eigenvalue weighted by Gasteiger charge is -2.40. The molecule has 0 unspecified atom stereocenters. The standard InChI is InChI=1S/C13H9F8N5S.C3H8O/c14-13(15,16)10-5-11(26-12(25-10)23-7-24-26)22-6-8-1-3-9(4-2-8)27(17,18,19,20)21;1-3(2)4/h1-5,7,22H,6H2;3-4H,1-2H3. The molecule has 2 N–H and O–H groups in total. The molecule has 0 bridgehead atoms. The Labute approximate surface area is 170 Å². The van der Waals surface area contributed by atoms with E-state index in [0.29, 0.717) is 6.07 Å². The van der Waals surface area contributed by atoms with Gasteiger partial charge in [0.25, 0.3) is 5.78 Å². The van der Waals surface area contributed by atoms with Gasteiger partial charge in [-0.05, 0) is 31.5 Å². The van der Waals surface area contributed by atoms with E-state index in [-0.39, 0.29) is 41.9 Å². The number of aliphatic hydroxyl groups is 1. The van der Waals surface area contributed by atoms with Gasteiger partial charge >= 0.3 is 16.4 Å². The van der Waals surface area contributed by atoms with Gasteiger partial charge in [-0.25, -0.2) is 4.98 Å². The van der Waals surface area contributed by atoms with Gasteiger partial charge in [0.2, 0.25) is 0 Å². The molecular weight excluding hydrogens is 462 g/mol. The van der Waals surface area contributed by atoms with Gasteiger partial charge in [-0.3, -0.25) is 0 Å². The van der Waals surface area contributed by atoms with Crippen LogP contribution < -0.4 is 5.32 Å². The number of halogens is 8. The molecule has 0 saturated heterocycles. The summed E-state index contributed by atoms with van der Waals surface area (Å²) >= 11 is 0. The minimum Gasteiger partial charge on any atom is -0.394 e. The van der Waals surface area contributed by atoms with Crippen molar-refractivity contribution in [1.82, 2.24) is 19.6 Å². The fourth-order valence-corrected chi connectivity index (χ4v) is 2.79. The quantitative estimate of drug-likeness (QED) is 0.463. The number of nitrogens with one attached hydrogen (secondary N) is 1. The van der Waals surface area contributed by atoms with E-state index in [1.54, 1.807) is 13.8 Å². The minimum absolute atomic E-state index is 0.124. The average Bonchev–Trinajstić information content (AvgIpc) is 3.05. The summed E-state index contributed by atoms with van der Waals surface area (Å²) < 4.78 is 103. The second-order valence-electron chi connectivity index (χ2n) is 6.56. The first-order valence-corrected chi connectivity index (χ1v) is 10.3. The highest BCUT2D eigenvalue weighted by Gasteiger charge is 2.65. The molecule has 15 heteroatoms. The Bertz CT molecular complexity index is 1050. The molecule has 3 rings (SSSR count). The van der Waals surface area contributed by atoms with Gasteiger partial charge in [0.05, 0.1) is 0 Å². The maximum Gasteiger partial charge on any atom is 0.433 e. The highest BCUT2D eigenvalue weighted by atomic mass is 32.5. The van der Waals surface area contributed by atoms with Gasteiger partial charge in [-0.15, -0.1) is 0 Å². The summed E-state index contributed by atoms with van der Waals surface area (Å²) in [5.41, 5.74) is -1.12. The fraction of sp³-hybridized carbons (Fsp3) is 0.312. The van der Waals surface area contributed by atoms with Crippen LogP contribution in [0.25, 0.3) is 5.78 Å². The number of hydrogen-bond acceptors (Lipinski definition) is 5. The molecule has 31 heavy (non-hydrogen) atoms. The van der Waals surface area contributed by atoms with Gasteiger partial charge in [-0.2, -0.15) is 27.8 Å². The van der Waals surface area contributed by atoms with E-state index in [1.165, 1.54) is 0 Å². The van der Waals surface area contributed by atoms with Crippen LogP contribution in [0, 0.1) is 0 Å². The van der Waals surface area contributed by atoms with Crippen LogP contribution in [-0.4, -0.2) is 30.8 Å². The molecule has 3 aromatic rings. The van der Waals surface area contributed by atoms with E-state index in [9.17, 15) is 32.6 Å². The Morgan fingerprint density at radius 1 is 1.06 bits per heavy atom. The van der Waals surface area contributed by atoms with Crippen molar-refractivity contribution in [2.45, 2.75) is 37.6 Å². The van der Waals surface area contributed by atoms with E-state index >= 15 is 0 Å². The Morgan fingerprint density at radius 2 is 1.61 bits per heavy atom. The first-order valence-electron chi connectivity index (χ1n) is 8.40. The molecule has 2 heterocycles. The third-order valence-corrected chi connectivity index (χ3v) is 4.55. The van der Waals surface area contributed by atoms with E-state index in [0.717, 1.165) is 23.0 Å². The summed E-state index contributed by atoms with van der Waals surface area (Å²) in [4.78, 5) is 4.80. The summed E-state index contributed by atoms with van der Waals surface area (Å²) in [7, 11) is -9.78. The van der Waals surface area contributed by atoms with Crippen LogP contribution >= 0.6 is 10.2 Å². The molecule has 0 aliphatic carbocycles. The predicted molar refractivity (Wildman–Crippen MR) is 98.3 cm³/mol. The number of hydrogen-bond donors (Lipinski definition) is 2. The largest absolute Gasteiger partial charge is 0.433 e. The first kappa shape index (κ1) is 24.6. The third kappa shape index (κ3) is 6.92. The number of alkyl halides is 3. The van der Waals surface area contributed by atoms with Crippen LogP contribution in [0.4, 0.5) is 38.4 Å². The zero-order valence-corrected chi connectivity index (χ0v) is 16.7. The Kier molecular flexibility index (Phi) is 5.93. The molecule has 0 saturated carbocycles.